The van der Waals surface area contributed by atoms with Crippen LogP contribution in [0.3, 0.4) is 0 Å². The number of amides is 1. The van der Waals surface area contributed by atoms with Crippen LogP contribution in [0.15, 0.2) is 0 Å². The normalized spacial score (nSPS) is 40.3. The van der Waals surface area contributed by atoms with Crippen LogP contribution in [-0.4, -0.2) is 29.4 Å². The molecule has 0 aromatic carbocycles. The molecule has 2 unspecified atom stereocenters. The maximum Gasteiger partial charge on any atom is 0.241 e. The smallest absolute Gasteiger partial charge is 0.241 e. The first-order valence-corrected chi connectivity index (χ1v) is 4.08. The number of carbonyl (C=O) groups excluding carboxylic acids is 1. The van der Waals surface area contributed by atoms with Gasteiger partial charge in [0.25, 0.3) is 0 Å². The Hall–Kier alpha value is -0.570. The van der Waals surface area contributed by atoms with Crippen molar-refractivity contribution in [1.82, 2.24) is 4.90 Å². The fraction of sp³-hybridized carbons (Fsp3) is 0.875. The van der Waals surface area contributed by atoms with Crippen molar-refractivity contribution in [2.24, 2.45) is 11.1 Å². The summed E-state index contributed by atoms with van der Waals surface area (Å²) in [7, 11) is 0. The summed E-state index contributed by atoms with van der Waals surface area (Å²) in [6.45, 7) is 5.15. The Morgan fingerprint density at radius 2 is 2.18 bits per heavy atom. The zero-order valence-corrected chi connectivity index (χ0v) is 7.00. The molecule has 3 nitrogen and oxygen atoms in total. The van der Waals surface area contributed by atoms with Gasteiger partial charge in [-0.3, -0.25) is 4.79 Å². The largest absolute Gasteiger partial charge is 0.336 e. The van der Waals surface area contributed by atoms with Crippen LogP contribution in [0.5, 0.6) is 0 Å². The van der Waals surface area contributed by atoms with E-state index in [2.05, 4.69) is 13.8 Å². The van der Waals surface area contributed by atoms with Crippen molar-refractivity contribution in [1.29, 1.82) is 0 Å². The van der Waals surface area contributed by atoms with Crippen molar-refractivity contribution in [3.05, 3.63) is 0 Å². The molecule has 0 spiro atoms. The monoisotopic (exact) mass is 154 g/mol. The lowest BCUT2D eigenvalue weighted by molar-refractivity contribution is -0.143. The van der Waals surface area contributed by atoms with Gasteiger partial charge in [0.2, 0.25) is 5.91 Å². The molecule has 1 heterocycles. The molecule has 0 bridgehead atoms. The van der Waals surface area contributed by atoms with Gasteiger partial charge in [0, 0.05) is 12.6 Å². The Morgan fingerprint density at radius 1 is 1.64 bits per heavy atom. The lowest BCUT2D eigenvalue weighted by Crippen LogP contribution is -2.62. The summed E-state index contributed by atoms with van der Waals surface area (Å²) in [5.74, 6) is 0.139. The van der Waals surface area contributed by atoms with Crippen LogP contribution in [0.4, 0.5) is 0 Å². The number of rotatable bonds is 1. The summed E-state index contributed by atoms with van der Waals surface area (Å²) in [6, 6.07) is 0.279. The maximum absolute atomic E-state index is 11.1. The maximum atomic E-state index is 11.1. The summed E-state index contributed by atoms with van der Waals surface area (Å²) in [5.41, 5.74) is 5.83. The second-order valence-corrected chi connectivity index (χ2v) is 4.31. The number of likely N-dealkylation sites (tertiary alicyclic amines) is 1. The Balaban J connectivity index is 1.96. The molecule has 2 aliphatic rings. The molecule has 1 aliphatic carbocycles. The molecular formula is C8H14N2O. The molecule has 0 radical (unpaired) electrons. The number of carbonyl (C=O) groups is 1. The van der Waals surface area contributed by atoms with Crippen molar-refractivity contribution in [3.63, 3.8) is 0 Å². The average Bonchev–Trinajstić information content (AvgIpc) is 2.53. The van der Waals surface area contributed by atoms with Crippen molar-refractivity contribution < 1.29 is 4.79 Å². The highest BCUT2D eigenvalue weighted by Gasteiger charge is 2.55. The standard InChI is InChI=1S/C8H14N2O/c1-8(2)3-6(8)10-4-5(9)7(10)11/h5-6H,3-4,9H2,1-2H3. The van der Waals surface area contributed by atoms with E-state index in [9.17, 15) is 4.79 Å². The van der Waals surface area contributed by atoms with Crippen LogP contribution >= 0.6 is 0 Å². The summed E-state index contributed by atoms with van der Waals surface area (Å²) >= 11 is 0. The lowest BCUT2D eigenvalue weighted by Gasteiger charge is -2.37. The summed E-state index contributed by atoms with van der Waals surface area (Å²) in [4.78, 5) is 13.0. The highest BCUT2D eigenvalue weighted by molar-refractivity contribution is 5.88. The SMILES string of the molecule is CC1(C)CC1N1CC(N)C1=O. The molecule has 3 heteroatoms. The molecular weight excluding hydrogens is 140 g/mol. The third kappa shape index (κ3) is 0.872. The van der Waals surface area contributed by atoms with Gasteiger partial charge in [-0.25, -0.2) is 0 Å². The van der Waals surface area contributed by atoms with Gasteiger partial charge >= 0.3 is 0 Å². The predicted octanol–water partition coefficient (Wildman–Crippen LogP) is -0.0456. The number of β-lactam (4-membered cyclic amide) rings is 1. The van der Waals surface area contributed by atoms with Crippen molar-refractivity contribution >= 4 is 5.91 Å². The molecule has 2 fully saturated rings. The number of nitrogens with two attached hydrogens (primary N) is 1. The van der Waals surface area contributed by atoms with Crippen LogP contribution in [0, 0.1) is 5.41 Å². The van der Waals surface area contributed by atoms with Gasteiger partial charge in [-0.15, -0.1) is 0 Å². The van der Waals surface area contributed by atoms with Gasteiger partial charge in [0.15, 0.2) is 0 Å². The lowest BCUT2D eigenvalue weighted by atomic mass is 10.1. The zero-order valence-electron chi connectivity index (χ0n) is 7.00. The average molecular weight is 154 g/mol. The fourth-order valence-electron chi connectivity index (χ4n) is 1.73. The second kappa shape index (κ2) is 1.78. The Morgan fingerprint density at radius 3 is 2.45 bits per heavy atom. The molecule has 1 amide bonds. The van der Waals surface area contributed by atoms with Crippen LogP contribution in [0.25, 0.3) is 0 Å². The molecule has 2 N–H and O–H groups in total. The van der Waals surface area contributed by atoms with Crippen LogP contribution in [0.2, 0.25) is 0 Å². The zero-order chi connectivity index (χ0) is 8.22. The Labute approximate surface area is 66.5 Å². The summed E-state index contributed by atoms with van der Waals surface area (Å²) in [6.07, 6.45) is 1.14. The van der Waals surface area contributed by atoms with Gasteiger partial charge in [-0.1, -0.05) is 13.8 Å². The molecule has 2 atom stereocenters. The van der Waals surface area contributed by atoms with Crippen LogP contribution in [0.1, 0.15) is 20.3 Å². The van der Waals surface area contributed by atoms with E-state index < -0.39 is 0 Å². The van der Waals surface area contributed by atoms with Gasteiger partial charge in [-0.2, -0.15) is 0 Å². The first-order valence-electron chi connectivity index (χ1n) is 4.08. The van der Waals surface area contributed by atoms with Gasteiger partial charge in [0.05, 0.1) is 0 Å². The van der Waals surface area contributed by atoms with E-state index in [0.717, 1.165) is 13.0 Å². The molecule has 0 aromatic heterocycles. The molecule has 2 rings (SSSR count). The van der Waals surface area contributed by atoms with Gasteiger partial charge in [0.1, 0.15) is 6.04 Å². The minimum atomic E-state index is -0.202. The fourth-order valence-corrected chi connectivity index (χ4v) is 1.73. The van der Waals surface area contributed by atoms with E-state index >= 15 is 0 Å². The van der Waals surface area contributed by atoms with E-state index in [1.807, 2.05) is 4.90 Å². The van der Waals surface area contributed by atoms with Crippen LogP contribution in [-0.2, 0) is 4.79 Å². The Bertz CT molecular complexity index is 212. The van der Waals surface area contributed by atoms with Gasteiger partial charge < -0.3 is 10.6 Å². The highest BCUT2D eigenvalue weighted by atomic mass is 16.2. The van der Waals surface area contributed by atoms with E-state index in [-0.39, 0.29) is 11.9 Å². The minimum absolute atomic E-state index is 0.139. The molecule has 1 aliphatic heterocycles. The molecule has 1 saturated carbocycles. The van der Waals surface area contributed by atoms with E-state index in [4.69, 9.17) is 5.73 Å². The highest BCUT2D eigenvalue weighted by Crippen LogP contribution is 2.49. The quantitative estimate of drug-likeness (QED) is 0.538. The molecule has 62 valence electrons. The third-order valence-corrected chi connectivity index (χ3v) is 2.83. The topological polar surface area (TPSA) is 46.3 Å². The summed E-state index contributed by atoms with van der Waals surface area (Å²) in [5, 5.41) is 0. The van der Waals surface area contributed by atoms with Crippen LogP contribution < -0.4 is 5.73 Å². The number of hydrogen-bond donors (Lipinski definition) is 1. The van der Waals surface area contributed by atoms with Crippen molar-refractivity contribution in [2.45, 2.75) is 32.4 Å². The predicted molar refractivity (Wildman–Crippen MR) is 41.9 cm³/mol. The molecule has 11 heavy (non-hydrogen) atoms. The number of hydrogen-bond acceptors (Lipinski definition) is 2. The molecule has 0 aromatic rings. The van der Waals surface area contributed by atoms with Crippen molar-refractivity contribution in [3.8, 4) is 0 Å². The van der Waals surface area contributed by atoms with E-state index in [0.29, 0.717) is 11.5 Å². The number of nitrogens with zero attached hydrogens (tertiary/aromatic N) is 1. The first-order chi connectivity index (χ1) is 5.02. The van der Waals surface area contributed by atoms with E-state index in [1.165, 1.54) is 0 Å². The van der Waals surface area contributed by atoms with Gasteiger partial charge in [-0.05, 0) is 11.8 Å². The second-order valence-electron chi connectivity index (χ2n) is 4.31. The minimum Gasteiger partial charge on any atom is -0.336 e. The Kier molecular flexibility index (Phi) is 1.15. The van der Waals surface area contributed by atoms with E-state index in [1.54, 1.807) is 0 Å². The first kappa shape index (κ1) is 7.10. The van der Waals surface area contributed by atoms with Crippen molar-refractivity contribution in [2.75, 3.05) is 6.54 Å². The summed E-state index contributed by atoms with van der Waals surface area (Å²) < 4.78 is 0. The third-order valence-electron chi connectivity index (χ3n) is 2.83. The molecule has 1 saturated heterocycles.